The second kappa shape index (κ2) is 8.43. The molecule has 1 aliphatic rings. The number of piperidine rings is 1. The number of hydrogen-bond donors (Lipinski definition) is 2. The third-order valence-electron chi connectivity index (χ3n) is 4.61. The van der Waals surface area contributed by atoms with Gasteiger partial charge in [-0.2, -0.15) is 0 Å². The summed E-state index contributed by atoms with van der Waals surface area (Å²) in [5.41, 5.74) is 2.26. The van der Waals surface area contributed by atoms with Crippen molar-refractivity contribution in [1.82, 2.24) is 10.6 Å². The summed E-state index contributed by atoms with van der Waals surface area (Å²) in [7, 11) is 0. The first-order valence-corrected chi connectivity index (χ1v) is 8.81. The van der Waals surface area contributed by atoms with E-state index in [-0.39, 0.29) is 48.8 Å². The normalized spacial score (nSPS) is 15.0. The van der Waals surface area contributed by atoms with Crippen LogP contribution in [-0.2, 0) is 14.4 Å². The van der Waals surface area contributed by atoms with Gasteiger partial charge in [-0.15, -0.1) is 0 Å². The third-order valence-corrected chi connectivity index (χ3v) is 4.61. The van der Waals surface area contributed by atoms with Crippen molar-refractivity contribution in [3.8, 4) is 0 Å². The second-order valence-corrected chi connectivity index (χ2v) is 6.63. The lowest BCUT2D eigenvalue weighted by atomic mass is 9.90. The molecule has 134 valence electrons. The van der Waals surface area contributed by atoms with E-state index in [2.05, 4.69) is 10.6 Å². The molecular formula is C21H22N2O3. The lowest BCUT2D eigenvalue weighted by molar-refractivity contribution is -0.135. The van der Waals surface area contributed by atoms with E-state index in [1.807, 2.05) is 60.7 Å². The minimum absolute atomic E-state index is 0.0534. The Morgan fingerprint density at radius 3 is 1.92 bits per heavy atom. The summed E-state index contributed by atoms with van der Waals surface area (Å²) in [6, 6.07) is 20.1. The second-order valence-electron chi connectivity index (χ2n) is 6.63. The molecule has 0 bridgehead atoms. The van der Waals surface area contributed by atoms with Gasteiger partial charge in [0, 0.05) is 31.7 Å². The number of carbonyl (C=O) groups excluding carboxylic acids is 3. The zero-order valence-electron chi connectivity index (χ0n) is 14.5. The van der Waals surface area contributed by atoms with Gasteiger partial charge in [0.1, 0.15) is 0 Å². The maximum absolute atomic E-state index is 12.3. The molecule has 2 N–H and O–H groups in total. The molecule has 5 heteroatoms. The topological polar surface area (TPSA) is 75.3 Å². The minimum atomic E-state index is -0.300. The van der Waals surface area contributed by atoms with E-state index in [4.69, 9.17) is 0 Å². The summed E-state index contributed by atoms with van der Waals surface area (Å²) in [6.07, 6.45) is 0.634. The first-order chi connectivity index (χ1) is 12.6. The Balaban J connectivity index is 1.63. The van der Waals surface area contributed by atoms with E-state index < -0.39 is 0 Å². The van der Waals surface area contributed by atoms with Crippen LogP contribution in [-0.4, -0.2) is 24.3 Å². The van der Waals surface area contributed by atoms with Crippen LogP contribution in [0, 0.1) is 5.92 Å². The van der Waals surface area contributed by atoms with Crippen molar-refractivity contribution in [2.45, 2.75) is 25.2 Å². The number of hydrogen-bond acceptors (Lipinski definition) is 3. The van der Waals surface area contributed by atoms with Gasteiger partial charge in [0.05, 0.1) is 0 Å². The molecule has 26 heavy (non-hydrogen) atoms. The van der Waals surface area contributed by atoms with Crippen molar-refractivity contribution in [2.24, 2.45) is 5.92 Å². The van der Waals surface area contributed by atoms with Gasteiger partial charge in [0.2, 0.25) is 17.7 Å². The van der Waals surface area contributed by atoms with Gasteiger partial charge in [-0.3, -0.25) is 19.7 Å². The number of rotatable bonds is 6. The fraction of sp³-hybridized carbons (Fsp3) is 0.286. The smallest absolute Gasteiger partial charge is 0.226 e. The molecule has 0 aliphatic carbocycles. The summed E-state index contributed by atoms with van der Waals surface area (Å²) in [6.45, 7) is 0.472. The summed E-state index contributed by atoms with van der Waals surface area (Å²) < 4.78 is 0. The molecule has 1 heterocycles. The average Bonchev–Trinajstić information content (AvgIpc) is 2.63. The molecule has 1 fully saturated rings. The molecule has 0 radical (unpaired) electrons. The SMILES string of the molecule is O=C(CC1CC(=O)NC(=O)C1)NCC(c1ccccc1)c1ccccc1. The Hall–Kier alpha value is -2.95. The van der Waals surface area contributed by atoms with E-state index in [0.717, 1.165) is 11.1 Å². The van der Waals surface area contributed by atoms with Gasteiger partial charge in [0.15, 0.2) is 0 Å². The summed E-state index contributed by atoms with van der Waals surface area (Å²) in [5.74, 6) is -0.897. The van der Waals surface area contributed by atoms with E-state index in [1.54, 1.807) is 0 Å². The van der Waals surface area contributed by atoms with Gasteiger partial charge in [-0.1, -0.05) is 60.7 Å². The molecule has 2 aromatic rings. The Bertz CT molecular complexity index is 719. The van der Waals surface area contributed by atoms with Crippen molar-refractivity contribution < 1.29 is 14.4 Å². The zero-order chi connectivity index (χ0) is 18.4. The molecule has 0 atom stereocenters. The average molecular weight is 350 g/mol. The van der Waals surface area contributed by atoms with Crippen LogP contribution in [0.25, 0.3) is 0 Å². The van der Waals surface area contributed by atoms with Crippen LogP contribution in [0.15, 0.2) is 60.7 Å². The maximum atomic E-state index is 12.3. The van der Waals surface area contributed by atoms with E-state index in [1.165, 1.54) is 0 Å². The van der Waals surface area contributed by atoms with Gasteiger partial charge in [0.25, 0.3) is 0 Å². The molecule has 3 rings (SSSR count). The van der Waals surface area contributed by atoms with Crippen LogP contribution in [0.1, 0.15) is 36.3 Å². The largest absolute Gasteiger partial charge is 0.355 e. The van der Waals surface area contributed by atoms with E-state index in [0.29, 0.717) is 6.54 Å². The van der Waals surface area contributed by atoms with Crippen LogP contribution in [0.5, 0.6) is 0 Å². The molecule has 1 saturated heterocycles. The maximum Gasteiger partial charge on any atom is 0.226 e. The van der Waals surface area contributed by atoms with Gasteiger partial charge in [-0.05, 0) is 17.0 Å². The molecule has 0 aromatic heterocycles. The molecule has 2 aromatic carbocycles. The quantitative estimate of drug-likeness (QED) is 0.786. The Kier molecular flexibility index (Phi) is 5.79. The standard InChI is InChI=1S/C21H22N2O3/c24-19(11-15-12-20(25)23-21(26)13-15)22-14-18(16-7-3-1-4-8-16)17-9-5-2-6-10-17/h1-10,15,18H,11-14H2,(H,22,24)(H,23,25,26). The zero-order valence-corrected chi connectivity index (χ0v) is 14.5. The number of amides is 3. The number of imide groups is 1. The van der Waals surface area contributed by atoms with Crippen LogP contribution in [0.2, 0.25) is 0 Å². The van der Waals surface area contributed by atoms with Crippen molar-refractivity contribution in [3.05, 3.63) is 71.8 Å². The lowest BCUT2D eigenvalue weighted by Gasteiger charge is -2.22. The highest BCUT2D eigenvalue weighted by molar-refractivity contribution is 5.98. The molecule has 1 aliphatic heterocycles. The molecule has 5 nitrogen and oxygen atoms in total. The fourth-order valence-corrected chi connectivity index (χ4v) is 3.35. The summed E-state index contributed by atoms with van der Waals surface area (Å²) in [4.78, 5) is 35.2. The highest BCUT2D eigenvalue weighted by Crippen LogP contribution is 2.24. The highest BCUT2D eigenvalue weighted by atomic mass is 16.2. The van der Waals surface area contributed by atoms with Gasteiger partial charge >= 0.3 is 0 Å². The molecule has 0 saturated carbocycles. The Morgan fingerprint density at radius 2 is 1.42 bits per heavy atom. The predicted octanol–water partition coefficient (Wildman–Crippen LogP) is 2.38. The monoisotopic (exact) mass is 350 g/mol. The molecular weight excluding hydrogens is 328 g/mol. The number of nitrogens with one attached hydrogen (secondary N) is 2. The van der Waals surface area contributed by atoms with Crippen LogP contribution < -0.4 is 10.6 Å². The van der Waals surface area contributed by atoms with Crippen LogP contribution in [0.4, 0.5) is 0 Å². The molecule has 0 spiro atoms. The number of benzene rings is 2. The van der Waals surface area contributed by atoms with Crippen molar-refractivity contribution in [1.29, 1.82) is 0 Å². The Morgan fingerprint density at radius 1 is 0.923 bits per heavy atom. The van der Waals surface area contributed by atoms with Crippen molar-refractivity contribution >= 4 is 17.7 Å². The summed E-state index contributed by atoms with van der Waals surface area (Å²) in [5, 5.41) is 5.24. The van der Waals surface area contributed by atoms with Crippen LogP contribution >= 0.6 is 0 Å². The third kappa shape index (κ3) is 4.79. The van der Waals surface area contributed by atoms with Gasteiger partial charge in [-0.25, -0.2) is 0 Å². The summed E-state index contributed by atoms with van der Waals surface area (Å²) >= 11 is 0. The first-order valence-electron chi connectivity index (χ1n) is 8.81. The fourth-order valence-electron chi connectivity index (χ4n) is 3.35. The van der Waals surface area contributed by atoms with Gasteiger partial charge < -0.3 is 5.32 Å². The lowest BCUT2D eigenvalue weighted by Crippen LogP contribution is -2.40. The Labute approximate surface area is 152 Å². The van der Waals surface area contributed by atoms with E-state index in [9.17, 15) is 14.4 Å². The minimum Gasteiger partial charge on any atom is -0.355 e. The van der Waals surface area contributed by atoms with Crippen molar-refractivity contribution in [3.63, 3.8) is 0 Å². The van der Waals surface area contributed by atoms with Crippen LogP contribution in [0.3, 0.4) is 0 Å². The molecule has 0 unspecified atom stereocenters. The molecule has 3 amide bonds. The van der Waals surface area contributed by atoms with Crippen molar-refractivity contribution in [2.75, 3.05) is 6.54 Å². The number of carbonyl (C=O) groups is 3. The highest BCUT2D eigenvalue weighted by Gasteiger charge is 2.27. The first kappa shape index (κ1) is 17.9. The van der Waals surface area contributed by atoms with E-state index >= 15 is 0 Å². The predicted molar refractivity (Wildman–Crippen MR) is 98.2 cm³/mol.